The maximum absolute atomic E-state index is 12.5. The van der Waals surface area contributed by atoms with E-state index in [0.29, 0.717) is 12.0 Å². The summed E-state index contributed by atoms with van der Waals surface area (Å²) in [6, 6.07) is 0. The van der Waals surface area contributed by atoms with Crippen LogP contribution in [0.1, 0.15) is 19.8 Å². The van der Waals surface area contributed by atoms with E-state index < -0.39 is 11.6 Å². The van der Waals surface area contributed by atoms with Gasteiger partial charge in [-0.05, 0) is 12.5 Å². The average Bonchev–Trinajstić information content (AvgIpc) is 2.01. The van der Waals surface area contributed by atoms with Crippen molar-refractivity contribution in [3.63, 3.8) is 0 Å². The molecule has 0 fully saturated rings. The zero-order chi connectivity index (χ0) is 9.14. The summed E-state index contributed by atoms with van der Waals surface area (Å²) in [4.78, 5) is 21.8. The summed E-state index contributed by atoms with van der Waals surface area (Å²) in [5.74, 6) is -2.04. The van der Waals surface area contributed by atoms with E-state index in [1.807, 2.05) is 6.92 Å². The number of carbonyl (C=O) groups is 2. The van der Waals surface area contributed by atoms with Gasteiger partial charge in [0.05, 0.1) is 0 Å². The lowest BCUT2D eigenvalue weighted by molar-refractivity contribution is -0.116. The molecule has 0 amide bonds. The predicted molar refractivity (Wildman–Crippen MR) is 42.2 cm³/mol. The molecule has 3 heteroatoms. The van der Waals surface area contributed by atoms with Crippen LogP contribution in [0.4, 0.5) is 4.39 Å². The molecule has 12 heavy (non-hydrogen) atoms. The third kappa shape index (κ3) is 1.67. The zero-order valence-electron chi connectivity index (χ0n) is 6.76. The minimum atomic E-state index is -0.958. The lowest BCUT2D eigenvalue weighted by Gasteiger charge is -2.05. The van der Waals surface area contributed by atoms with Crippen molar-refractivity contribution in [3.05, 3.63) is 23.6 Å². The first-order chi connectivity index (χ1) is 5.65. The fourth-order valence-electron chi connectivity index (χ4n) is 1.04. The van der Waals surface area contributed by atoms with Gasteiger partial charge in [-0.15, -0.1) is 0 Å². The van der Waals surface area contributed by atoms with E-state index in [4.69, 9.17) is 0 Å². The Bertz CT molecular complexity index is 287. The van der Waals surface area contributed by atoms with Crippen molar-refractivity contribution >= 4 is 11.6 Å². The van der Waals surface area contributed by atoms with Crippen LogP contribution >= 0.6 is 0 Å². The van der Waals surface area contributed by atoms with Gasteiger partial charge >= 0.3 is 0 Å². The zero-order valence-corrected chi connectivity index (χ0v) is 6.76. The molecule has 64 valence electrons. The van der Waals surface area contributed by atoms with Gasteiger partial charge in [-0.25, -0.2) is 4.39 Å². The average molecular weight is 168 g/mol. The largest absolute Gasteiger partial charge is 0.290 e. The molecule has 0 saturated heterocycles. The maximum Gasteiger partial charge on any atom is 0.214 e. The molecular weight excluding hydrogens is 159 g/mol. The number of rotatable bonds is 2. The van der Waals surface area contributed by atoms with E-state index in [0.717, 1.165) is 18.6 Å². The van der Waals surface area contributed by atoms with Crippen LogP contribution in [-0.2, 0) is 9.59 Å². The highest BCUT2D eigenvalue weighted by Gasteiger charge is 2.18. The Morgan fingerprint density at radius 2 is 1.92 bits per heavy atom. The predicted octanol–water partition coefficient (Wildman–Crippen LogP) is 1.72. The first-order valence-electron chi connectivity index (χ1n) is 3.81. The van der Waals surface area contributed by atoms with Gasteiger partial charge in [0.25, 0.3) is 0 Å². The normalized spacial score (nSPS) is 17.5. The Kier molecular flexibility index (Phi) is 2.53. The van der Waals surface area contributed by atoms with Crippen LogP contribution in [0.25, 0.3) is 0 Å². The van der Waals surface area contributed by atoms with Gasteiger partial charge < -0.3 is 0 Å². The number of hydrogen-bond acceptors (Lipinski definition) is 2. The van der Waals surface area contributed by atoms with Gasteiger partial charge in [-0.3, -0.25) is 9.59 Å². The van der Waals surface area contributed by atoms with E-state index in [-0.39, 0.29) is 5.78 Å². The first-order valence-corrected chi connectivity index (χ1v) is 3.81. The van der Waals surface area contributed by atoms with Crippen molar-refractivity contribution in [1.82, 2.24) is 0 Å². The molecule has 0 unspecified atom stereocenters. The molecule has 2 nitrogen and oxygen atoms in total. The molecule has 0 saturated carbocycles. The molecule has 1 aliphatic rings. The van der Waals surface area contributed by atoms with Crippen LogP contribution in [0.15, 0.2) is 23.6 Å². The number of ketones is 2. The smallest absolute Gasteiger partial charge is 0.214 e. The van der Waals surface area contributed by atoms with E-state index in [9.17, 15) is 14.0 Å². The summed E-state index contributed by atoms with van der Waals surface area (Å²) in [5.41, 5.74) is 0.406. The van der Waals surface area contributed by atoms with Gasteiger partial charge in [0, 0.05) is 11.6 Å². The molecule has 0 bridgehead atoms. The minimum absolute atomic E-state index is 0.381. The molecule has 0 aromatic rings. The molecule has 0 aromatic carbocycles. The van der Waals surface area contributed by atoms with Gasteiger partial charge in [0.1, 0.15) is 0 Å². The summed E-state index contributed by atoms with van der Waals surface area (Å²) in [6.45, 7) is 1.90. The molecule has 1 rings (SSSR count). The van der Waals surface area contributed by atoms with E-state index in [2.05, 4.69) is 0 Å². The summed E-state index contributed by atoms with van der Waals surface area (Å²) in [5, 5.41) is 0. The molecule has 1 aliphatic carbocycles. The lowest BCUT2D eigenvalue weighted by Crippen LogP contribution is -2.10. The van der Waals surface area contributed by atoms with Crippen LogP contribution in [0.5, 0.6) is 0 Å². The van der Waals surface area contributed by atoms with Gasteiger partial charge in [0.2, 0.25) is 5.78 Å². The Hall–Kier alpha value is -1.25. The number of allylic oxidation sites excluding steroid dienone is 4. The van der Waals surface area contributed by atoms with Crippen LogP contribution in [-0.4, -0.2) is 11.6 Å². The second-order valence-corrected chi connectivity index (χ2v) is 2.64. The quantitative estimate of drug-likeness (QED) is 0.588. The van der Waals surface area contributed by atoms with E-state index in [1.165, 1.54) is 0 Å². The number of carbonyl (C=O) groups excluding carboxylic acids is 2. The van der Waals surface area contributed by atoms with Gasteiger partial charge in [-0.2, -0.15) is 0 Å². The monoisotopic (exact) mass is 168 g/mol. The van der Waals surface area contributed by atoms with Crippen molar-refractivity contribution in [2.24, 2.45) is 0 Å². The Morgan fingerprint density at radius 3 is 2.50 bits per heavy atom. The third-order valence-electron chi connectivity index (χ3n) is 1.63. The molecule has 0 aromatic heterocycles. The first kappa shape index (κ1) is 8.84. The van der Waals surface area contributed by atoms with Crippen molar-refractivity contribution in [3.8, 4) is 0 Å². The third-order valence-corrected chi connectivity index (χ3v) is 1.63. The lowest BCUT2D eigenvalue weighted by atomic mass is 9.99. The number of hydrogen-bond donors (Lipinski definition) is 0. The van der Waals surface area contributed by atoms with Crippen LogP contribution in [0.3, 0.4) is 0 Å². The Labute approximate surface area is 69.8 Å². The Morgan fingerprint density at radius 1 is 1.25 bits per heavy atom. The molecule has 0 radical (unpaired) electrons. The molecule has 0 atom stereocenters. The fourth-order valence-corrected chi connectivity index (χ4v) is 1.04. The van der Waals surface area contributed by atoms with Gasteiger partial charge in [-0.1, -0.05) is 13.3 Å². The molecule has 0 aliphatic heterocycles. The Balaban J connectivity index is 2.85. The van der Waals surface area contributed by atoms with Gasteiger partial charge in [0.15, 0.2) is 11.6 Å². The maximum atomic E-state index is 12.5. The highest BCUT2D eigenvalue weighted by atomic mass is 19.1. The van der Waals surface area contributed by atoms with Crippen molar-refractivity contribution < 1.29 is 14.0 Å². The van der Waals surface area contributed by atoms with Crippen molar-refractivity contribution in [2.45, 2.75) is 19.8 Å². The van der Waals surface area contributed by atoms with Crippen molar-refractivity contribution in [1.29, 1.82) is 0 Å². The fraction of sp³-hybridized carbons (Fsp3) is 0.333. The highest BCUT2D eigenvalue weighted by Crippen LogP contribution is 2.16. The van der Waals surface area contributed by atoms with E-state index >= 15 is 0 Å². The molecule has 0 spiro atoms. The molecular formula is C9H9FO2. The second-order valence-electron chi connectivity index (χ2n) is 2.64. The number of halogens is 1. The standard InChI is InChI=1S/C9H9FO2/c1-2-3-6-4-9(12)7(10)5-8(6)11/h4-5H,2-3H2,1H3. The topological polar surface area (TPSA) is 34.1 Å². The second kappa shape index (κ2) is 3.43. The summed E-state index contributed by atoms with van der Waals surface area (Å²) in [7, 11) is 0. The van der Waals surface area contributed by atoms with E-state index in [1.54, 1.807) is 0 Å². The molecule has 0 N–H and O–H groups in total. The summed E-state index contributed by atoms with van der Waals surface area (Å²) in [6.07, 6.45) is 3.16. The molecule has 0 heterocycles. The van der Waals surface area contributed by atoms with Crippen molar-refractivity contribution in [2.75, 3.05) is 0 Å². The minimum Gasteiger partial charge on any atom is -0.290 e. The van der Waals surface area contributed by atoms with Crippen LogP contribution in [0.2, 0.25) is 0 Å². The summed E-state index contributed by atoms with van der Waals surface area (Å²) >= 11 is 0. The highest BCUT2D eigenvalue weighted by molar-refractivity contribution is 6.18. The van der Waals surface area contributed by atoms with Crippen LogP contribution < -0.4 is 0 Å². The SMILES string of the molecule is CCCC1=CC(=O)C(F)=CC1=O. The van der Waals surface area contributed by atoms with Crippen LogP contribution in [0, 0.1) is 0 Å². The summed E-state index contributed by atoms with van der Waals surface area (Å²) < 4.78 is 12.5.